The summed E-state index contributed by atoms with van der Waals surface area (Å²) >= 11 is 0. The van der Waals surface area contributed by atoms with E-state index in [0.717, 1.165) is 37.9 Å². The predicted octanol–water partition coefficient (Wildman–Crippen LogP) is 6.71. The van der Waals surface area contributed by atoms with Crippen molar-refractivity contribution in [1.29, 1.82) is 0 Å². The Morgan fingerprint density at radius 2 is 1.62 bits per heavy atom. The topological polar surface area (TPSA) is 73.9 Å². The number of anilines is 1. The Morgan fingerprint density at radius 1 is 0.906 bits per heavy atom. The van der Waals surface area contributed by atoms with E-state index in [2.05, 4.69) is 12.2 Å². The lowest BCUT2D eigenvalue weighted by Gasteiger charge is -2.35. The summed E-state index contributed by atoms with van der Waals surface area (Å²) in [5.41, 5.74) is 0.641. The molecule has 1 aliphatic rings. The van der Waals surface area contributed by atoms with Crippen molar-refractivity contribution in [2.24, 2.45) is 5.92 Å². The molecule has 1 amide bonds. The van der Waals surface area contributed by atoms with Gasteiger partial charge < -0.3 is 14.2 Å². The number of cyclic esters (lactones) is 1. The maximum absolute atomic E-state index is 12.0. The molecule has 1 aliphatic heterocycles. The van der Waals surface area contributed by atoms with Crippen LogP contribution in [-0.2, 0) is 14.3 Å². The molecule has 32 heavy (non-hydrogen) atoms. The largest absolute Gasteiger partial charge is 0.461 e. The van der Waals surface area contributed by atoms with Gasteiger partial charge >= 0.3 is 12.1 Å². The van der Waals surface area contributed by atoms with Gasteiger partial charge in [-0.1, -0.05) is 50.8 Å². The molecule has 6 nitrogen and oxygen atoms in total. The molecule has 2 aromatic carbocycles. The zero-order chi connectivity index (χ0) is 22.6. The van der Waals surface area contributed by atoms with Gasteiger partial charge in [-0.15, -0.1) is 0 Å². The van der Waals surface area contributed by atoms with Crippen LogP contribution in [0, 0.1) is 5.92 Å². The zero-order valence-electron chi connectivity index (χ0n) is 18.8. The predicted molar refractivity (Wildman–Crippen MR) is 124 cm³/mol. The molecular weight excluding hydrogens is 406 g/mol. The Kier molecular flexibility index (Phi) is 9.41. The van der Waals surface area contributed by atoms with Gasteiger partial charge in [0.1, 0.15) is 17.6 Å². The number of amides is 1. The number of para-hydroxylation sites is 1. The zero-order valence-corrected chi connectivity index (χ0v) is 18.8. The summed E-state index contributed by atoms with van der Waals surface area (Å²) < 4.78 is 16.3. The van der Waals surface area contributed by atoms with Crippen molar-refractivity contribution in [3.05, 3.63) is 54.6 Å². The third-order valence-corrected chi connectivity index (χ3v) is 5.58. The molecule has 1 fully saturated rings. The van der Waals surface area contributed by atoms with E-state index >= 15 is 0 Å². The van der Waals surface area contributed by atoms with Crippen molar-refractivity contribution < 1.29 is 23.8 Å². The van der Waals surface area contributed by atoms with Crippen LogP contribution in [0.4, 0.5) is 10.5 Å². The monoisotopic (exact) mass is 439 g/mol. The molecule has 1 N–H and O–H groups in total. The maximum atomic E-state index is 12.0. The van der Waals surface area contributed by atoms with E-state index in [4.69, 9.17) is 14.2 Å². The Balaban J connectivity index is 1.27. The number of unbranched alkanes of at least 4 members (excludes halogenated alkanes) is 4. The van der Waals surface area contributed by atoms with Gasteiger partial charge in [-0.05, 0) is 62.1 Å². The number of esters is 1. The highest BCUT2D eigenvalue weighted by atomic mass is 16.6. The summed E-state index contributed by atoms with van der Waals surface area (Å²) in [6, 6.07) is 16.6. The molecule has 0 aliphatic carbocycles. The smallest absolute Gasteiger partial charge is 0.411 e. The third-order valence-electron chi connectivity index (χ3n) is 5.58. The van der Waals surface area contributed by atoms with E-state index < -0.39 is 6.09 Å². The molecule has 6 heteroatoms. The summed E-state index contributed by atoms with van der Waals surface area (Å²) in [5, 5.41) is 2.72. The van der Waals surface area contributed by atoms with Gasteiger partial charge in [-0.2, -0.15) is 0 Å². The molecule has 2 aromatic rings. The van der Waals surface area contributed by atoms with Crippen LogP contribution in [0.1, 0.15) is 58.3 Å². The van der Waals surface area contributed by atoms with E-state index in [0.29, 0.717) is 18.0 Å². The van der Waals surface area contributed by atoms with Crippen LogP contribution in [0.15, 0.2) is 54.6 Å². The highest BCUT2D eigenvalue weighted by Crippen LogP contribution is 2.31. The Labute approximate surface area is 190 Å². The standard InChI is InChI=1S/C26H33NO5/c1-2-3-4-8-13-23-24(32-25(23)28)14-9-10-19-30-26(29)27-20-15-17-22(18-16-20)31-21-11-6-5-7-12-21/h5-7,11-12,15-18,23-24H,2-4,8-10,13-14,19H2,1H3,(H,27,29). The Bertz CT molecular complexity index is 837. The summed E-state index contributed by atoms with van der Waals surface area (Å²) in [5.74, 6) is 1.45. The molecule has 1 saturated heterocycles. The lowest BCUT2D eigenvalue weighted by molar-refractivity contribution is -0.186. The number of hydrogen-bond acceptors (Lipinski definition) is 5. The molecule has 2 unspecified atom stereocenters. The summed E-state index contributed by atoms with van der Waals surface area (Å²) in [6.45, 7) is 2.52. The van der Waals surface area contributed by atoms with Gasteiger partial charge in [0.25, 0.3) is 0 Å². The van der Waals surface area contributed by atoms with E-state index in [-0.39, 0.29) is 18.0 Å². The molecule has 0 saturated carbocycles. The number of ether oxygens (including phenoxy) is 3. The van der Waals surface area contributed by atoms with Crippen LogP contribution in [0.25, 0.3) is 0 Å². The second kappa shape index (κ2) is 12.7. The second-order valence-electron chi connectivity index (χ2n) is 8.13. The first-order chi connectivity index (χ1) is 15.7. The summed E-state index contributed by atoms with van der Waals surface area (Å²) in [7, 11) is 0. The molecule has 3 rings (SSSR count). The normalized spacial score (nSPS) is 17.2. The van der Waals surface area contributed by atoms with E-state index in [1.165, 1.54) is 19.3 Å². The number of nitrogens with one attached hydrogen (secondary N) is 1. The lowest BCUT2D eigenvalue weighted by atomic mass is 9.88. The minimum atomic E-state index is -0.481. The SMILES string of the molecule is CCCCCCC1C(=O)OC1CCCCOC(=O)Nc1ccc(Oc2ccccc2)cc1. The van der Waals surface area contributed by atoms with E-state index in [1.54, 1.807) is 24.3 Å². The second-order valence-corrected chi connectivity index (χ2v) is 8.13. The molecule has 1 heterocycles. The first-order valence-corrected chi connectivity index (χ1v) is 11.6. The van der Waals surface area contributed by atoms with Gasteiger partial charge in [0.2, 0.25) is 0 Å². The fourth-order valence-electron chi connectivity index (χ4n) is 3.75. The van der Waals surface area contributed by atoms with E-state index in [1.807, 2.05) is 30.3 Å². The van der Waals surface area contributed by atoms with Crippen LogP contribution in [0.2, 0.25) is 0 Å². The lowest BCUT2D eigenvalue weighted by Crippen LogP contribution is -2.44. The molecule has 0 aromatic heterocycles. The van der Waals surface area contributed by atoms with Crippen molar-refractivity contribution in [2.45, 2.75) is 64.4 Å². The Morgan fingerprint density at radius 3 is 2.34 bits per heavy atom. The van der Waals surface area contributed by atoms with Crippen LogP contribution in [-0.4, -0.2) is 24.8 Å². The van der Waals surface area contributed by atoms with Gasteiger partial charge in [-0.25, -0.2) is 4.79 Å². The fourth-order valence-corrected chi connectivity index (χ4v) is 3.75. The first-order valence-electron chi connectivity index (χ1n) is 11.6. The van der Waals surface area contributed by atoms with Crippen molar-refractivity contribution in [1.82, 2.24) is 0 Å². The molecule has 2 atom stereocenters. The van der Waals surface area contributed by atoms with Gasteiger partial charge in [0.15, 0.2) is 0 Å². The van der Waals surface area contributed by atoms with E-state index in [9.17, 15) is 9.59 Å². The van der Waals surface area contributed by atoms with Crippen LogP contribution in [0.3, 0.4) is 0 Å². The first kappa shape index (κ1) is 23.6. The number of carbonyl (C=O) groups excluding carboxylic acids is 2. The molecule has 0 bridgehead atoms. The van der Waals surface area contributed by atoms with Crippen LogP contribution < -0.4 is 10.1 Å². The van der Waals surface area contributed by atoms with Crippen LogP contribution >= 0.6 is 0 Å². The van der Waals surface area contributed by atoms with Crippen molar-refractivity contribution in [3.8, 4) is 11.5 Å². The quantitative estimate of drug-likeness (QED) is 0.277. The summed E-state index contributed by atoms with van der Waals surface area (Å²) in [6.07, 6.45) is 7.61. The minimum absolute atomic E-state index is 0.0366. The van der Waals surface area contributed by atoms with Gasteiger partial charge in [0.05, 0.1) is 12.5 Å². The number of hydrogen-bond donors (Lipinski definition) is 1. The van der Waals surface area contributed by atoms with Crippen LogP contribution in [0.5, 0.6) is 11.5 Å². The molecule has 172 valence electrons. The van der Waals surface area contributed by atoms with Gasteiger partial charge in [-0.3, -0.25) is 10.1 Å². The summed E-state index contributed by atoms with van der Waals surface area (Å²) in [4.78, 5) is 23.6. The Hall–Kier alpha value is -3.02. The maximum Gasteiger partial charge on any atom is 0.411 e. The number of carbonyl (C=O) groups is 2. The number of benzene rings is 2. The van der Waals surface area contributed by atoms with Crippen molar-refractivity contribution >= 4 is 17.7 Å². The third kappa shape index (κ3) is 7.59. The highest BCUT2D eigenvalue weighted by Gasteiger charge is 2.40. The fraction of sp³-hybridized carbons (Fsp3) is 0.462. The average molecular weight is 440 g/mol. The molecular formula is C26H33NO5. The highest BCUT2D eigenvalue weighted by molar-refractivity contribution is 5.84. The molecule has 0 radical (unpaired) electrons. The molecule has 0 spiro atoms. The van der Waals surface area contributed by atoms with Crippen molar-refractivity contribution in [3.63, 3.8) is 0 Å². The average Bonchev–Trinajstić information content (AvgIpc) is 2.80. The number of rotatable bonds is 13. The van der Waals surface area contributed by atoms with Crippen molar-refractivity contribution in [2.75, 3.05) is 11.9 Å². The minimum Gasteiger partial charge on any atom is -0.461 e. The van der Waals surface area contributed by atoms with Gasteiger partial charge in [0, 0.05) is 5.69 Å².